The van der Waals surface area contributed by atoms with Gasteiger partial charge in [-0.15, -0.1) is 0 Å². The van der Waals surface area contributed by atoms with Crippen LogP contribution in [0.5, 0.6) is 0 Å². The Morgan fingerprint density at radius 1 is 1.25 bits per heavy atom. The summed E-state index contributed by atoms with van der Waals surface area (Å²) in [5.74, 6) is 0. The van der Waals surface area contributed by atoms with Crippen LogP contribution in [0.3, 0.4) is 0 Å². The van der Waals surface area contributed by atoms with Crippen molar-refractivity contribution >= 4 is 32.2 Å². The molecule has 0 aromatic rings. The summed E-state index contributed by atoms with van der Waals surface area (Å²) in [5, 5.41) is 0. The molecule has 0 heterocycles. The second-order valence-corrected chi connectivity index (χ2v) is 0.848. The Bertz CT molecular complexity index is 39.0. The topological polar surface area (TPSA) is 86.0 Å². The van der Waals surface area contributed by atoms with Gasteiger partial charge >= 0.3 is 80.6 Å². The van der Waals surface area contributed by atoms with E-state index in [9.17, 15) is 0 Å². The molecule has 0 unspecified atom stereocenters. The van der Waals surface area contributed by atoms with E-state index in [-0.39, 0.29) is 76.9 Å². The van der Waals surface area contributed by atoms with Gasteiger partial charge in [0.15, 0.2) is 0 Å². The number of hydrogen-bond acceptors (Lipinski definition) is 1. The molecule has 0 amide bonds. The minimum atomic E-state index is -3.13. The van der Waals surface area contributed by atoms with Crippen molar-refractivity contribution < 1.29 is 67.9 Å². The summed E-state index contributed by atoms with van der Waals surface area (Å²) in [6.45, 7) is 0. The van der Waals surface area contributed by atoms with E-state index in [1.165, 1.54) is 0 Å². The molecule has 8 heavy (non-hydrogen) atoms. The molecule has 8 heteroatoms. The summed E-state index contributed by atoms with van der Waals surface area (Å²) in [7, 11) is -3.13. The van der Waals surface area contributed by atoms with Gasteiger partial charge in [0.1, 0.15) is 0 Å². The van der Waals surface area contributed by atoms with Gasteiger partial charge in [0.2, 0.25) is 0 Å². The van der Waals surface area contributed by atoms with Crippen LogP contribution in [0.1, 0.15) is 0 Å². The first kappa shape index (κ1) is 32.6. The zero-order chi connectivity index (χ0) is 3.58. The van der Waals surface area contributed by atoms with Gasteiger partial charge in [-0.1, -0.05) is 0 Å². The van der Waals surface area contributed by atoms with E-state index < -0.39 is 9.17 Å². The Morgan fingerprint density at radius 2 is 1.25 bits per heavy atom. The van der Waals surface area contributed by atoms with Gasteiger partial charge in [-0.3, -0.25) is 4.46 Å². The van der Waals surface area contributed by atoms with E-state index in [1.807, 2.05) is 0 Å². The molecular weight excluding hydrogens is 146 g/mol. The second-order valence-electron chi connectivity index (χ2n) is 0.283. The van der Waals surface area contributed by atoms with Crippen molar-refractivity contribution in [1.82, 2.24) is 0 Å². The molecule has 0 atom stereocenters. The molecule has 32 valence electrons. The maximum absolute atomic E-state index is 8.74. The van der Waals surface area contributed by atoms with Gasteiger partial charge in [0, 0.05) is 0 Å². The zero-order valence-electron chi connectivity index (χ0n) is 4.92. The summed E-state index contributed by atoms with van der Waals surface area (Å²) in [4.78, 5) is 14.3. The maximum atomic E-state index is 8.74. The van der Waals surface area contributed by atoms with Gasteiger partial charge in [-0.25, -0.2) is 0 Å². The van der Waals surface area contributed by atoms with Gasteiger partial charge in [-0.2, -0.15) is 0 Å². The normalized spacial score (nSPS) is 3.00. The minimum Gasteiger partial charge on any atom is -2.00 e. The second kappa shape index (κ2) is 23.1. The predicted octanol–water partition coefficient (Wildman–Crippen LogP) is -8.11. The largest absolute Gasteiger partial charge is 2.00 e. The summed E-state index contributed by atoms with van der Waals surface area (Å²) < 4.78 is 8.74. The Hall–Kier alpha value is 1.94. The molecular formula is H2LiMgNaO4Si+2. The average Bonchev–Trinajstić information content (AvgIpc) is 0.811. The van der Waals surface area contributed by atoms with E-state index >= 15 is 0 Å². The number of hydrogen-bond donors (Lipinski definition) is 2. The van der Waals surface area contributed by atoms with E-state index in [2.05, 4.69) is 0 Å². The van der Waals surface area contributed by atoms with Crippen LogP contribution in [0.4, 0.5) is 0 Å². The fourth-order valence-corrected chi connectivity index (χ4v) is 0. The van der Waals surface area contributed by atoms with Crippen LogP contribution in [0, 0.1) is 0 Å². The first-order chi connectivity index (χ1) is 1.73. The quantitative estimate of drug-likeness (QED) is 0.335. The van der Waals surface area contributed by atoms with Crippen LogP contribution in [0.25, 0.3) is 0 Å². The summed E-state index contributed by atoms with van der Waals surface area (Å²) in [6.07, 6.45) is 0. The Labute approximate surface area is 98.9 Å². The molecule has 0 rings (SSSR count). The van der Waals surface area contributed by atoms with Crippen molar-refractivity contribution in [3.8, 4) is 0 Å². The zero-order valence-corrected chi connectivity index (χ0v) is 9.33. The molecule has 0 spiro atoms. The monoisotopic (exact) mass is 148 g/mol. The third kappa shape index (κ3) is 102. The molecule has 0 fully saturated rings. The average molecular weight is 148 g/mol. The third-order valence-corrected chi connectivity index (χ3v) is 0. The molecule has 0 aliphatic rings. The van der Waals surface area contributed by atoms with E-state index in [4.69, 9.17) is 14.1 Å². The summed E-state index contributed by atoms with van der Waals surface area (Å²) in [5.41, 5.74) is 0. The molecule has 0 saturated carbocycles. The van der Waals surface area contributed by atoms with Crippen molar-refractivity contribution in [1.29, 1.82) is 0 Å². The third-order valence-electron chi connectivity index (χ3n) is 0. The van der Waals surface area contributed by atoms with Gasteiger partial charge in [0.05, 0.1) is 0 Å². The fourth-order valence-electron chi connectivity index (χ4n) is 0. The molecule has 0 saturated heterocycles. The standard InChI is InChI=1S/Li.Mg.Na.H2O3Si.O/c;;;1-4(2)3;/h;;;1-2H;/q+1;+2;+1;;-2. The Balaban J connectivity index is -0.00000000750. The molecule has 0 aliphatic heterocycles. The van der Waals surface area contributed by atoms with Crippen LogP contribution >= 0.6 is 0 Å². The number of rotatable bonds is 0. The van der Waals surface area contributed by atoms with Crippen molar-refractivity contribution in [2.45, 2.75) is 0 Å². The molecule has 0 radical (unpaired) electrons. The van der Waals surface area contributed by atoms with E-state index in [1.54, 1.807) is 0 Å². The smallest absolute Gasteiger partial charge is 2.00 e. The first-order valence-electron chi connectivity index (χ1n) is 0.651. The molecule has 0 aromatic carbocycles. The van der Waals surface area contributed by atoms with Crippen LogP contribution in [0.15, 0.2) is 0 Å². The molecule has 2 N–H and O–H groups in total. The molecule has 0 bridgehead atoms. The van der Waals surface area contributed by atoms with E-state index in [0.717, 1.165) is 0 Å². The SMILES string of the molecule is O=[Si](O)O.[Li+].[Mg+2].[Na+].[O-2]. The molecule has 0 aromatic heterocycles. The molecule has 4 nitrogen and oxygen atoms in total. The van der Waals surface area contributed by atoms with Crippen molar-refractivity contribution in [2.75, 3.05) is 0 Å². The van der Waals surface area contributed by atoms with Gasteiger partial charge in [-0.05, 0) is 0 Å². The maximum Gasteiger partial charge on any atom is 2.00 e. The van der Waals surface area contributed by atoms with Crippen LogP contribution < -0.4 is 48.4 Å². The van der Waals surface area contributed by atoms with Crippen molar-refractivity contribution in [2.24, 2.45) is 0 Å². The van der Waals surface area contributed by atoms with Crippen LogP contribution in [0.2, 0.25) is 0 Å². The van der Waals surface area contributed by atoms with E-state index in [0.29, 0.717) is 0 Å². The Morgan fingerprint density at radius 3 is 1.25 bits per heavy atom. The molecule has 0 aliphatic carbocycles. The fraction of sp³-hybridized carbons (Fsp3) is 0. The summed E-state index contributed by atoms with van der Waals surface area (Å²) in [6, 6.07) is 0. The Kier molecular flexibility index (Phi) is 94.0. The first-order valence-corrected chi connectivity index (χ1v) is 1.95. The van der Waals surface area contributed by atoms with Gasteiger partial charge in [0.25, 0.3) is 0 Å². The van der Waals surface area contributed by atoms with Crippen LogP contribution in [-0.4, -0.2) is 41.8 Å². The van der Waals surface area contributed by atoms with Crippen LogP contribution in [-0.2, 0) is 9.94 Å². The van der Waals surface area contributed by atoms with Gasteiger partial charge < -0.3 is 15.1 Å². The summed E-state index contributed by atoms with van der Waals surface area (Å²) >= 11 is 0. The van der Waals surface area contributed by atoms with Crippen molar-refractivity contribution in [3.63, 3.8) is 0 Å². The predicted molar refractivity (Wildman–Crippen MR) is 17.3 cm³/mol. The van der Waals surface area contributed by atoms with Crippen molar-refractivity contribution in [3.05, 3.63) is 0 Å². The minimum absolute atomic E-state index is 0.